The molecule has 0 atom stereocenters. The summed E-state index contributed by atoms with van der Waals surface area (Å²) in [5.74, 6) is -0.298. The minimum atomic E-state index is -0.318. The quantitative estimate of drug-likeness (QED) is 0.358. The van der Waals surface area contributed by atoms with E-state index in [1.54, 1.807) is 18.2 Å². The maximum absolute atomic E-state index is 13.5. The summed E-state index contributed by atoms with van der Waals surface area (Å²) in [6.07, 6.45) is 0. The number of nitrogens with one attached hydrogen (secondary N) is 1. The highest BCUT2D eigenvalue weighted by Gasteiger charge is 2.18. The first-order valence-corrected chi connectivity index (χ1v) is 10.3. The van der Waals surface area contributed by atoms with Gasteiger partial charge in [-0.15, -0.1) is 11.3 Å². The molecule has 0 saturated carbocycles. The fourth-order valence-corrected chi connectivity index (χ4v) is 4.64. The van der Waals surface area contributed by atoms with Crippen LogP contribution in [0.4, 0.5) is 4.39 Å². The third-order valence-electron chi connectivity index (χ3n) is 5.14. The first-order chi connectivity index (χ1) is 14.6. The number of halogens is 1. The Bertz CT molecular complexity index is 1420. The summed E-state index contributed by atoms with van der Waals surface area (Å²) in [4.78, 5) is 16.1. The van der Waals surface area contributed by atoms with Crippen LogP contribution in [0.15, 0.2) is 89.0 Å². The van der Waals surface area contributed by atoms with Crippen LogP contribution < -0.4 is 5.56 Å². The van der Waals surface area contributed by atoms with Crippen LogP contribution in [0.2, 0.25) is 0 Å². The van der Waals surface area contributed by atoms with Gasteiger partial charge in [0.2, 0.25) is 0 Å². The van der Waals surface area contributed by atoms with Gasteiger partial charge in [0.1, 0.15) is 16.4 Å². The highest BCUT2D eigenvalue weighted by molar-refractivity contribution is 7.17. The number of aromatic nitrogens is 1. The van der Waals surface area contributed by atoms with Crippen molar-refractivity contribution < 1.29 is 9.50 Å². The van der Waals surface area contributed by atoms with Crippen LogP contribution >= 0.6 is 11.3 Å². The normalized spacial score (nSPS) is 11.1. The van der Waals surface area contributed by atoms with Crippen molar-refractivity contribution in [1.29, 1.82) is 0 Å². The van der Waals surface area contributed by atoms with Gasteiger partial charge >= 0.3 is 0 Å². The summed E-state index contributed by atoms with van der Waals surface area (Å²) < 4.78 is 13.5. The number of aromatic amines is 1. The maximum Gasteiger partial charge on any atom is 0.260 e. The zero-order chi connectivity index (χ0) is 20.7. The summed E-state index contributed by atoms with van der Waals surface area (Å²) in [5.41, 5.74) is 4.06. The van der Waals surface area contributed by atoms with Gasteiger partial charge in [-0.3, -0.25) is 4.79 Å². The molecule has 5 rings (SSSR count). The molecule has 0 saturated heterocycles. The number of benzene rings is 3. The molecule has 2 aromatic heterocycles. The van der Waals surface area contributed by atoms with E-state index in [0.717, 1.165) is 22.3 Å². The molecule has 3 aromatic carbocycles. The number of fused-ring (bicyclic) bond motifs is 1. The molecule has 0 radical (unpaired) electrons. The zero-order valence-corrected chi connectivity index (χ0v) is 16.5. The van der Waals surface area contributed by atoms with Crippen molar-refractivity contribution in [1.82, 2.24) is 4.98 Å². The molecule has 2 N–H and O–H groups in total. The van der Waals surface area contributed by atoms with Crippen LogP contribution in [0.3, 0.4) is 0 Å². The second-order valence-corrected chi connectivity index (χ2v) is 7.86. The van der Waals surface area contributed by atoms with Crippen molar-refractivity contribution in [3.8, 4) is 39.1 Å². The molecule has 0 amide bonds. The second-order valence-electron chi connectivity index (χ2n) is 6.98. The van der Waals surface area contributed by atoms with Gasteiger partial charge in [0.15, 0.2) is 0 Å². The van der Waals surface area contributed by atoms with E-state index in [4.69, 9.17) is 0 Å². The topological polar surface area (TPSA) is 53.1 Å². The number of aromatic hydroxyl groups is 1. The van der Waals surface area contributed by atoms with Gasteiger partial charge in [0.25, 0.3) is 5.56 Å². The Morgan fingerprint density at radius 3 is 2.23 bits per heavy atom. The predicted molar refractivity (Wildman–Crippen MR) is 120 cm³/mol. The molecule has 2 heterocycles. The van der Waals surface area contributed by atoms with Crippen LogP contribution in [0, 0.1) is 5.82 Å². The Morgan fingerprint density at radius 2 is 1.50 bits per heavy atom. The lowest BCUT2D eigenvalue weighted by atomic mass is 9.98. The highest BCUT2D eigenvalue weighted by atomic mass is 32.1. The fourth-order valence-electron chi connectivity index (χ4n) is 3.68. The van der Waals surface area contributed by atoms with Crippen molar-refractivity contribution in [3.63, 3.8) is 0 Å². The maximum atomic E-state index is 13.5. The molecule has 0 fully saturated rings. The standard InChI is InChI=1S/C25H16FNO2S/c26-19-8-4-7-18(13-19)15-9-11-16(12-10-15)20-14-30-25-22(20)23(28)21(24(29)27-25)17-5-2-1-3-6-17/h1-14H,(H2,27,28,29). The molecule has 0 bridgehead atoms. The molecule has 5 heteroatoms. The van der Waals surface area contributed by atoms with Crippen molar-refractivity contribution in [3.05, 3.63) is 100 Å². The van der Waals surface area contributed by atoms with Gasteiger partial charge in [-0.1, -0.05) is 66.7 Å². The summed E-state index contributed by atoms with van der Waals surface area (Å²) in [6, 6.07) is 23.3. The van der Waals surface area contributed by atoms with Crippen molar-refractivity contribution in [2.24, 2.45) is 0 Å². The number of hydrogen-bond donors (Lipinski definition) is 2. The van der Waals surface area contributed by atoms with E-state index >= 15 is 0 Å². The second kappa shape index (κ2) is 7.28. The number of rotatable bonds is 3. The summed E-state index contributed by atoms with van der Waals surface area (Å²) >= 11 is 1.38. The van der Waals surface area contributed by atoms with E-state index < -0.39 is 0 Å². The minimum absolute atomic E-state index is 0.0228. The van der Waals surface area contributed by atoms with Crippen molar-refractivity contribution in [2.75, 3.05) is 0 Å². The highest BCUT2D eigenvalue weighted by Crippen LogP contribution is 2.41. The first-order valence-electron chi connectivity index (χ1n) is 9.40. The largest absolute Gasteiger partial charge is 0.506 e. The third kappa shape index (κ3) is 3.09. The lowest BCUT2D eigenvalue weighted by Crippen LogP contribution is -2.08. The molecule has 30 heavy (non-hydrogen) atoms. The average Bonchev–Trinajstić information content (AvgIpc) is 3.19. The minimum Gasteiger partial charge on any atom is -0.506 e. The van der Waals surface area contributed by atoms with E-state index in [0.29, 0.717) is 15.8 Å². The predicted octanol–water partition coefficient (Wildman–Crippen LogP) is 6.44. The molecular formula is C25H16FNO2S. The van der Waals surface area contributed by atoms with Gasteiger partial charge in [-0.2, -0.15) is 0 Å². The summed E-state index contributed by atoms with van der Waals surface area (Å²) in [7, 11) is 0. The smallest absolute Gasteiger partial charge is 0.260 e. The van der Waals surface area contributed by atoms with Crippen LogP contribution in [0.5, 0.6) is 5.75 Å². The van der Waals surface area contributed by atoms with E-state index in [2.05, 4.69) is 4.98 Å². The lowest BCUT2D eigenvalue weighted by molar-refractivity contribution is 0.483. The lowest BCUT2D eigenvalue weighted by Gasteiger charge is -2.08. The number of H-pyrrole nitrogens is 1. The van der Waals surface area contributed by atoms with Crippen molar-refractivity contribution >= 4 is 21.6 Å². The van der Waals surface area contributed by atoms with E-state index in [9.17, 15) is 14.3 Å². The average molecular weight is 413 g/mol. The van der Waals surface area contributed by atoms with Gasteiger partial charge in [-0.25, -0.2) is 4.39 Å². The molecular weight excluding hydrogens is 397 g/mol. The number of pyridine rings is 1. The van der Waals surface area contributed by atoms with Crippen LogP contribution in [0.25, 0.3) is 43.6 Å². The molecule has 3 nitrogen and oxygen atoms in total. The Hall–Kier alpha value is -3.70. The Labute approximate surface area is 175 Å². The Balaban J connectivity index is 1.64. The zero-order valence-electron chi connectivity index (χ0n) is 15.7. The Kier molecular flexibility index (Phi) is 4.45. The molecule has 0 aliphatic heterocycles. The summed E-state index contributed by atoms with van der Waals surface area (Å²) in [5, 5.41) is 13.6. The van der Waals surface area contributed by atoms with Gasteiger partial charge in [0.05, 0.1) is 10.9 Å². The van der Waals surface area contributed by atoms with E-state index in [-0.39, 0.29) is 22.7 Å². The van der Waals surface area contributed by atoms with E-state index in [1.165, 1.54) is 23.5 Å². The Morgan fingerprint density at radius 1 is 0.800 bits per heavy atom. The fraction of sp³-hybridized carbons (Fsp3) is 0. The molecule has 0 aliphatic rings. The first kappa shape index (κ1) is 18.3. The third-order valence-corrected chi connectivity index (χ3v) is 6.03. The number of thiophene rings is 1. The SMILES string of the molecule is O=c1[nH]c2scc(-c3ccc(-c4cccc(F)c4)cc3)c2c(O)c1-c1ccccc1. The molecule has 0 aliphatic carbocycles. The molecule has 5 aromatic rings. The van der Waals surface area contributed by atoms with Gasteiger partial charge < -0.3 is 10.1 Å². The van der Waals surface area contributed by atoms with Crippen molar-refractivity contribution in [2.45, 2.75) is 0 Å². The number of hydrogen-bond acceptors (Lipinski definition) is 3. The van der Waals surface area contributed by atoms with Crippen LogP contribution in [0.1, 0.15) is 0 Å². The summed E-state index contributed by atoms with van der Waals surface area (Å²) in [6.45, 7) is 0. The molecule has 0 unspecified atom stereocenters. The van der Waals surface area contributed by atoms with Crippen LogP contribution in [-0.4, -0.2) is 10.1 Å². The van der Waals surface area contributed by atoms with Crippen LogP contribution in [-0.2, 0) is 0 Å². The molecule has 146 valence electrons. The van der Waals surface area contributed by atoms with Gasteiger partial charge in [-0.05, 0) is 34.4 Å². The van der Waals surface area contributed by atoms with E-state index in [1.807, 2.05) is 53.9 Å². The monoisotopic (exact) mass is 413 g/mol. The van der Waals surface area contributed by atoms with Gasteiger partial charge in [0, 0.05) is 10.9 Å². The molecule has 0 spiro atoms.